The molecule has 0 spiro atoms. The van der Waals surface area contributed by atoms with Crippen LogP contribution in [-0.4, -0.2) is 20.7 Å². The van der Waals surface area contributed by atoms with Crippen molar-refractivity contribution >= 4 is 22.6 Å². The summed E-state index contributed by atoms with van der Waals surface area (Å²) >= 11 is 0. The molecule has 5 nitrogen and oxygen atoms in total. The second-order valence-corrected chi connectivity index (χ2v) is 7.48. The van der Waals surface area contributed by atoms with Crippen LogP contribution < -0.4 is 5.32 Å². The van der Waals surface area contributed by atoms with Gasteiger partial charge in [0.05, 0.1) is 5.69 Å². The van der Waals surface area contributed by atoms with Gasteiger partial charge < -0.3 is 5.32 Å². The van der Waals surface area contributed by atoms with Crippen molar-refractivity contribution in [3.63, 3.8) is 0 Å². The van der Waals surface area contributed by atoms with E-state index >= 15 is 0 Å². The summed E-state index contributed by atoms with van der Waals surface area (Å²) in [4.78, 5) is 17.3. The highest BCUT2D eigenvalue weighted by molar-refractivity contribution is 5.96. The monoisotopic (exact) mass is 384 g/mol. The Hall–Kier alpha value is -3.47. The number of anilines is 1. The summed E-state index contributed by atoms with van der Waals surface area (Å²) in [7, 11) is 0. The fourth-order valence-electron chi connectivity index (χ4n) is 3.69. The Kier molecular flexibility index (Phi) is 4.89. The molecule has 4 rings (SSSR count). The van der Waals surface area contributed by atoms with Crippen molar-refractivity contribution in [1.29, 1.82) is 0 Å². The van der Waals surface area contributed by atoms with Crippen molar-refractivity contribution in [2.24, 2.45) is 0 Å². The first-order valence-corrected chi connectivity index (χ1v) is 9.69. The fourth-order valence-corrected chi connectivity index (χ4v) is 3.69. The van der Waals surface area contributed by atoms with E-state index in [1.807, 2.05) is 45.0 Å². The number of aromatic nitrogens is 3. The molecule has 0 fully saturated rings. The number of nitrogens with one attached hydrogen (secondary N) is 1. The van der Waals surface area contributed by atoms with Crippen LogP contribution in [0.3, 0.4) is 0 Å². The second-order valence-electron chi connectivity index (χ2n) is 7.48. The van der Waals surface area contributed by atoms with E-state index in [9.17, 15) is 4.79 Å². The lowest BCUT2D eigenvalue weighted by Crippen LogP contribution is -2.20. The summed E-state index contributed by atoms with van der Waals surface area (Å²) in [5.74, 6) is -0.116. The molecule has 0 atom stereocenters. The number of hydrogen-bond acceptors (Lipinski definition) is 3. The van der Waals surface area contributed by atoms with E-state index in [-0.39, 0.29) is 12.5 Å². The quantitative estimate of drug-likeness (QED) is 0.540. The van der Waals surface area contributed by atoms with Gasteiger partial charge in [0.15, 0.2) is 5.65 Å². The third-order valence-corrected chi connectivity index (χ3v) is 5.21. The van der Waals surface area contributed by atoms with E-state index in [1.54, 1.807) is 10.9 Å². The third-order valence-electron chi connectivity index (χ3n) is 5.21. The van der Waals surface area contributed by atoms with Crippen LogP contribution in [0.25, 0.3) is 22.2 Å². The molecule has 2 heterocycles. The van der Waals surface area contributed by atoms with Crippen LogP contribution in [0.1, 0.15) is 22.4 Å². The first-order chi connectivity index (χ1) is 13.9. The number of pyridine rings is 1. The summed E-state index contributed by atoms with van der Waals surface area (Å²) < 4.78 is 1.69. The fraction of sp³-hybridized carbons (Fsp3) is 0.208. The number of fused-ring (bicyclic) bond motifs is 1. The average molecular weight is 384 g/mol. The molecule has 0 unspecified atom stereocenters. The number of hydrogen-bond donors (Lipinski definition) is 1. The highest BCUT2D eigenvalue weighted by atomic mass is 16.2. The Balaban J connectivity index is 1.68. The number of benzene rings is 2. The number of aryl methyl sites for hydroxylation is 4. The minimum Gasteiger partial charge on any atom is -0.324 e. The number of amides is 1. The van der Waals surface area contributed by atoms with Gasteiger partial charge in [0.2, 0.25) is 5.91 Å². The lowest BCUT2D eigenvalue weighted by atomic mass is 10.0. The van der Waals surface area contributed by atoms with Gasteiger partial charge in [-0.15, -0.1) is 0 Å². The maximum Gasteiger partial charge on any atom is 0.246 e. The number of rotatable bonds is 4. The molecule has 2 aromatic carbocycles. The molecule has 4 aromatic rings. The van der Waals surface area contributed by atoms with Crippen LogP contribution >= 0.6 is 0 Å². The first kappa shape index (κ1) is 18.9. The molecule has 0 aliphatic heterocycles. The van der Waals surface area contributed by atoms with E-state index in [2.05, 4.69) is 46.6 Å². The molecular formula is C24H24N4O. The molecule has 0 saturated heterocycles. The molecule has 146 valence electrons. The van der Waals surface area contributed by atoms with Crippen molar-refractivity contribution in [2.45, 2.75) is 34.2 Å². The predicted molar refractivity (Wildman–Crippen MR) is 117 cm³/mol. The first-order valence-electron chi connectivity index (χ1n) is 9.69. The zero-order chi connectivity index (χ0) is 20.5. The Labute approximate surface area is 170 Å². The number of para-hydroxylation sites is 1. The predicted octanol–water partition coefficient (Wildman–Crippen LogP) is 4.97. The average Bonchev–Trinajstić information content (AvgIpc) is 3.01. The standard InChI is InChI=1S/C24H24N4O/c1-15-8-10-19(11-9-15)20-12-13-25-24-22(20)18(4)27-28(24)14-21(29)26-23-16(2)6-5-7-17(23)3/h5-13H,14H2,1-4H3,(H,26,29). The van der Waals surface area contributed by atoms with Crippen LogP contribution in [0.5, 0.6) is 0 Å². The Morgan fingerprint density at radius 2 is 1.66 bits per heavy atom. The summed E-state index contributed by atoms with van der Waals surface area (Å²) in [5, 5.41) is 8.62. The normalized spacial score (nSPS) is 11.0. The molecule has 1 amide bonds. The van der Waals surface area contributed by atoms with Crippen LogP contribution in [0.4, 0.5) is 5.69 Å². The highest BCUT2D eigenvalue weighted by Gasteiger charge is 2.16. The van der Waals surface area contributed by atoms with Gasteiger partial charge in [-0.2, -0.15) is 5.10 Å². The topological polar surface area (TPSA) is 59.8 Å². The van der Waals surface area contributed by atoms with E-state index in [4.69, 9.17) is 0 Å². The van der Waals surface area contributed by atoms with Crippen LogP contribution in [0.2, 0.25) is 0 Å². The van der Waals surface area contributed by atoms with Crippen molar-refractivity contribution in [3.8, 4) is 11.1 Å². The number of carbonyl (C=O) groups is 1. The molecule has 0 radical (unpaired) electrons. The van der Waals surface area contributed by atoms with Crippen LogP contribution in [0.15, 0.2) is 54.7 Å². The van der Waals surface area contributed by atoms with Crippen molar-refractivity contribution < 1.29 is 4.79 Å². The van der Waals surface area contributed by atoms with Gasteiger partial charge in [-0.1, -0.05) is 48.0 Å². The summed E-state index contributed by atoms with van der Waals surface area (Å²) in [6, 6.07) is 16.4. The molecule has 0 aliphatic rings. The Morgan fingerprint density at radius 3 is 2.34 bits per heavy atom. The number of carbonyl (C=O) groups excluding carboxylic acids is 1. The second kappa shape index (κ2) is 7.51. The zero-order valence-corrected chi connectivity index (χ0v) is 17.2. The maximum atomic E-state index is 12.7. The van der Waals surface area contributed by atoms with Gasteiger partial charge in [0.25, 0.3) is 0 Å². The van der Waals surface area contributed by atoms with Gasteiger partial charge >= 0.3 is 0 Å². The maximum absolute atomic E-state index is 12.7. The third kappa shape index (κ3) is 3.63. The summed E-state index contributed by atoms with van der Waals surface area (Å²) in [6.07, 6.45) is 1.78. The molecule has 0 aliphatic carbocycles. The van der Waals surface area contributed by atoms with Crippen LogP contribution in [-0.2, 0) is 11.3 Å². The molecule has 0 saturated carbocycles. The molecule has 29 heavy (non-hydrogen) atoms. The largest absolute Gasteiger partial charge is 0.324 e. The van der Waals surface area contributed by atoms with Gasteiger partial charge in [-0.05, 0) is 56.0 Å². The van der Waals surface area contributed by atoms with E-state index in [1.165, 1.54) is 5.56 Å². The van der Waals surface area contributed by atoms with E-state index in [0.29, 0.717) is 0 Å². The van der Waals surface area contributed by atoms with Gasteiger partial charge in [-0.25, -0.2) is 9.67 Å². The van der Waals surface area contributed by atoms with Gasteiger partial charge in [-0.3, -0.25) is 4.79 Å². The SMILES string of the molecule is Cc1ccc(-c2ccnc3c2c(C)nn3CC(=O)Nc2c(C)cccc2C)cc1. The van der Waals surface area contributed by atoms with Crippen molar-refractivity contribution in [3.05, 3.63) is 77.1 Å². The minimum absolute atomic E-state index is 0.114. The molecule has 2 aromatic heterocycles. The van der Waals surface area contributed by atoms with Crippen molar-refractivity contribution in [2.75, 3.05) is 5.32 Å². The van der Waals surface area contributed by atoms with E-state index < -0.39 is 0 Å². The molecule has 0 bridgehead atoms. The summed E-state index contributed by atoms with van der Waals surface area (Å²) in [5.41, 5.74) is 7.94. The smallest absolute Gasteiger partial charge is 0.246 e. The molecule has 1 N–H and O–H groups in total. The lowest BCUT2D eigenvalue weighted by Gasteiger charge is -2.11. The van der Waals surface area contributed by atoms with E-state index in [0.717, 1.165) is 44.7 Å². The van der Waals surface area contributed by atoms with Crippen molar-refractivity contribution in [1.82, 2.24) is 14.8 Å². The van der Waals surface area contributed by atoms with Crippen LogP contribution in [0, 0.1) is 27.7 Å². The Bertz CT molecular complexity index is 1190. The Morgan fingerprint density at radius 1 is 0.966 bits per heavy atom. The number of nitrogens with zero attached hydrogens (tertiary/aromatic N) is 3. The highest BCUT2D eigenvalue weighted by Crippen LogP contribution is 2.30. The molecule has 5 heteroatoms. The minimum atomic E-state index is -0.116. The zero-order valence-electron chi connectivity index (χ0n) is 17.2. The molecular weight excluding hydrogens is 360 g/mol. The summed E-state index contributed by atoms with van der Waals surface area (Å²) in [6.45, 7) is 8.13. The van der Waals surface area contributed by atoms with Gasteiger partial charge in [0.1, 0.15) is 6.54 Å². The lowest BCUT2D eigenvalue weighted by molar-refractivity contribution is -0.116. The van der Waals surface area contributed by atoms with Gasteiger partial charge in [0, 0.05) is 17.3 Å².